The Labute approximate surface area is 77.7 Å². The monoisotopic (exact) mass is 168 g/mol. The van der Waals surface area contributed by atoms with Crippen LogP contribution < -0.4 is 0 Å². The van der Waals surface area contributed by atoms with E-state index in [0.717, 1.165) is 23.7 Å². The Morgan fingerprint density at radius 3 is 1.67 bits per heavy atom. The Kier molecular flexibility index (Phi) is 2.56. The van der Waals surface area contributed by atoms with Crippen LogP contribution in [0.3, 0.4) is 0 Å². The molecule has 0 heterocycles. The first-order valence-corrected chi connectivity index (χ1v) is 5.41. The SMILES string of the molecule is CCC(C)(C)C1C(C)C(C)C1C. The van der Waals surface area contributed by atoms with Crippen LogP contribution in [-0.2, 0) is 0 Å². The number of rotatable bonds is 2. The Balaban J connectivity index is 2.66. The van der Waals surface area contributed by atoms with Gasteiger partial charge in [0.1, 0.15) is 0 Å². The zero-order valence-electron chi connectivity index (χ0n) is 9.52. The molecular weight excluding hydrogens is 144 g/mol. The highest BCUT2D eigenvalue weighted by Crippen LogP contribution is 2.54. The quantitative estimate of drug-likeness (QED) is 0.585. The maximum absolute atomic E-state index is 2.43. The average Bonchev–Trinajstić information content (AvgIpc) is 2.04. The standard InChI is InChI=1S/C12H24/c1-7-12(5,6)11-9(3)8(2)10(11)4/h8-11H,7H2,1-6H3. The largest absolute Gasteiger partial charge is 0.0649 e. The summed E-state index contributed by atoms with van der Waals surface area (Å²) in [5, 5.41) is 0. The van der Waals surface area contributed by atoms with E-state index < -0.39 is 0 Å². The minimum Gasteiger partial charge on any atom is -0.0649 e. The van der Waals surface area contributed by atoms with Crippen LogP contribution in [-0.4, -0.2) is 0 Å². The Hall–Kier alpha value is 0. The summed E-state index contributed by atoms with van der Waals surface area (Å²) in [4.78, 5) is 0. The van der Waals surface area contributed by atoms with E-state index in [1.54, 1.807) is 0 Å². The van der Waals surface area contributed by atoms with Crippen LogP contribution in [0.1, 0.15) is 48.0 Å². The van der Waals surface area contributed by atoms with Gasteiger partial charge in [0.15, 0.2) is 0 Å². The molecule has 0 amide bonds. The van der Waals surface area contributed by atoms with Gasteiger partial charge < -0.3 is 0 Å². The molecule has 0 bridgehead atoms. The lowest BCUT2D eigenvalue weighted by atomic mass is 9.50. The fraction of sp³-hybridized carbons (Fsp3) is 1.00. The lowest BCUT2D eigenvalue weighted by molar-refractivity contribution is -0.0678. The van der Waals surface area contributed by atoms with E-state index in [2.05, 4.69) is 41.5 Å². The van der Waals surface area contributed by atoms with Crippen LogP contribution in [0.5, 0.6) is 0 Å². The first-order valence-electron chi connectivity index (χ1n) is 5.41. The van der Waals surface area contributed by atoms with Gasteiger partial charge in [-0.05, 0) is 29.1 Å². The second-order valence-electron chi connectivity index (χ2n) is 5.45. The fourth-order valence-corrected chi connectivity index (χ4v) is 3.13. The van der Waals surface area contributed by atoms with Crippen molar-refractivity contribution in [3.63, 3.8) is 0 Å². The Morgan fingerprint density at radius 2 is 1.33 bits per heavy atom. The molecule has 0 spiro atoms. The second kappa shape index (κ2) is 3.05. The third-order valence-corrected chi connectivity index (χ3v) is 4.61. The van der Waals surface area contributed by atoms with Crippen molar-refractivity contribution in [2.24, 2.45) is 29.1 Å². The third kappa shape index (κ3) is 1.30. The maximum atomic E-state index is 2.43. The van der Waals surface area contributed by atoms with Crippen molar-refractivity contribution in [2.75, 3.05) is 0 Å². The van der Waals surface area contributed by atoms with Gasteiger partial charge in [-0.15, -0.1) is 0 Å². The molecule has 2 unspecified atom stereocenters. The van der Waals surface area contributed by atoms with E-state index in [1.807, 2.05) is 0 Å². The molecule has 2 atom stereocenters. The first kappa shape index (κ1) is 10.1. The van der Waals surface area contributed by atoms with Crippen LogP contribution in [0, 0.1) is 29.1 Å². The van der Waals surface area contributed by atoms with Crippen LogP contribution >= 0.6 is 0 Å². The van der Waals surface area contributed by atoms with Gasteiger partial charge in [-0.2, -0.15) is 0 Å². The molecule has 0 aliphatic heterocycles. The van der Waals surface area contributed by atoms with Gasteiger partial charge >= 0.3 is 0 Å². The molecule has 0 saturated heterocycles. The van der Waals surface area contributed by atoms with Crippen molar-refractivity contribution in [1.82, 2.24) is 0 Å². The summed E-state index contributed by atoms with van der Waals surface area (Å²) in [6.07, 6.45) is 1.32. The molecule has 1 saturated carbocycles. The summed E-state index contributed by atoms with van der Waals surface area (Å²) in [5.74, 6) is 3.78. The summed E-state index contributed by atoms with van der Waals surface area (Å²) in [6.45, 7) is 14.4. The Morgan fingerprint density at radius 1 is 0.917 bits per heavy atom. The van der Waals surface area contributed by atoms with Gasteiger partial charge in [0, 0.05) is 0 Å². The molecule has 0 radical (unpaired) electrons. The molecule has 0 aromatic carbocycles. The van der Waals surface area contributed by atoms with E-state index in [1.165, 1.54) is 6.42 Å². The lowest BCUT2D eigenvalue weighted by Crippen LogP contribution is -2.49. The van der Waals surface area contributed by atoms with Crippen LogP contribution in [0.15, 0.2) is 0 Å². The van der Waals surface area contributed by atoms with E-state index in [-0.39, 0.29) is 0 Å². The van der Waals surface area contributed by atoms with Gasteiger partial charge in [0.05, 0.1) is 0 Å². The zero-order valence-corrected chi connectivity index (χ0v) is 9.52. The Bertz CT molecular complexity index is 147. The third-order valence-electron chi connectivity index (χ3n) is 4.61. The van der Waals surface area contributed by atoms with Crippen molar-refractivity contribution in [2.45, 2.75) is 48.0 Å². The highest BCUT2D eigenvalue weighted by molar-refractivity contribution is 4.96. The van der Waals surface area contributed by atoms with E-state index in [4.69, 9.17) is 0 Å². The molecule has 0 nitrogen and oxygen atoms in total. The first-order chi connectivity index (χ1) is 5.41. The highest BCUT2D eigenvalue weighted by Gasteiger charge is 2.48. The van der Waals surface area contributed by atoms with Crippen LogP contribution in [0.25, 0.3) is 0 Å². The van der Waals surface area contributed by atoms with Crippen molar-refractivity contribution in [3.05, 3.63) is 0 Å². The minimum absolute atomic E-state index is 0.561. The van der Waals surface area contributed by atoms with Gasteiger partial charge in [0.2, 0.25) is 0 Å². The van der Waals surface area contributed by atoms with Crippen molar-refractivity contribution in [3.8, 4) is 0 Å². The molecular formula is C12H24. The predicted molar refractivity (Wildman–Crippen MR) is 55.1 cm³/mol. The van der Waals surface area contributed by atoms with Crippen molar-refractivity contribution >= 4 is 0 Å². The molecule has 1 aliphatic rings. The van der Waals surface area contributed by atoms with E-state index >= 15 is 0 Å². The van der Waals surface area contributed by atoms with Gasteiger partial charge in [-0.3, -0.25) is 0 Å². The smallest absolute Gasteiger partial charge is 0.0306 e. The highest BCUT2D eigenvalue weighted by atomic mass is 14.5. The molecule has 0 aromatic rings. The van der Waals surface area contributed by atoms with Gasteiger partial charge in [-0.25, -0.2) is 0 Å². The maximum Gasteiger partial charge on any atom is -0.0306 e. The molecule has 0 N–H and O–H groups in total. The summed E-state index contributed by atoms with van der Waals surface area (Å²) in [7, 11) is 0. The average molecular weight is 168 g/mol. The molecule has 12 heavy (non-hydrogen) atoms. The topological polar surface area (TPSA) is 0 Å². The summed E-state index contributed by atoms with van der Waals surface area (Å²) >= 11 is 0. The van der Waals surface area contributed by atoms with Crippen molar-refractivity contribution < 1.29 is 0 Å². The van der Waals surface area contributed by atoms with E-state index in [0.29, 0.717) is 5.41 Å². The van der Waals surface area contributed by atoms with Gasteiger partial charge in [0.25, 0.3) is 0 Å². The number of hydrogen-bond donors (Lipinski definition) is 0. The molecule has 1 rings (SSSR count). The van der Waals surface area contributed by atoms with E-state index in [9.17, 15) is 0 Å². The molecule has 1 aliphatic carbocycles. The van der Waals surface area contributed by atoms with Crippen LogP contribution in [0.2, 0.25) is 0 Å². The van der Waals surface area contributed by atoms with Gasteiger partial charge in [-0.1, -0.05) is 48.0 Å². The summed E-state index contributed by atoms with van der Waals surface area (Å²) in [6, 6.07) is 0. The molecule has 0 aromatic heterocycles. The zero-order chi connectivity index (χ0) is 9.52. The molecule has 72 valence electrons. The summed E-state index contributed by atoms with van der Waals surface area (Å²) in [5.41, 5.74) is 0.561. The van der Waals surface area contributed by atoms with Crippen molar-refractivity contribution in [1.29, 1.82) is 0 Å². The predicted octanol–water partition coefficient (Wildman–Crippen LogP) is 3.96. The molecule has 0 heteroatoms. The molecule has 1 fully saturated rings. The fourth-order valence-electron chi connectivity index (χ4n) is 3.13. The van der Waals surface area contributed by atoms with Crippen LogP contribution in [0.4, 0.5) is 0 Å². The minimum atomic E-state index is 0.561. The second-order valence-corrected chi connectivity index (χ2v) is 5.45. The normalized spacial score (nSPS) is 42.5. The summed E-state index contributed by atoms with van der Waals surface area (Å²) < 4.78 is 0. The lowest BCUT2D eigenvalue weighted by Gasteiger charge is -2.55. The number of hydrogen-bond acceptors (Lipinski definition) is 0.